The number of hydrogen-bond acceptors (Lipinski definition) is 3. The molecule has 0 spiro atoms. The summed E-state index contributed by atoms with van der Waals surface area (Å²) in [7, 11) is 0. The largest absolute Gasteiger partial charge is 0.461 e. The number of aliphatic hydroxyl groups excluding tert-OH is 1. The lowest BCUT2D eigenvalue weighted by Crippen LogP contribution is -2.30. The van der Waals surface area contributed by atoms with Crippen molar-refractivity contribution in [2.45, 2.75) is 33.0 Å². The quantitative estimate of drug-likeness (QED) is 0.510. The minimum Gasteiger partial charge on any atom is -0.461 e. The van der Waals surface area contributed by atoms with Gasteiger partial charge in [-0.25, -0.2) is 4.79 Å². The molecule has 0 fully saturated rings. The van der Waals surface area contributed by atoms with E-state index in [1.165, 1.54) is 6.08 Å². The fourth-order valence-electron chi connectivity index (χ4n) is 0.646. The van der Waals surface area contributed by atoms with E-state index in [4.69, 9.17) is 4.74 Å². The van der Waals surface area contributed by atoms with Crippen LogP contribution in [0.5, 0.6) is 0 Å². The van der Waals surface area contributed by atoms with Gasteiger partial charge in [-0.15, -0.1) is 6.58 Å². The van der Waals surface area contributed by atoms with Crippen LogP contribution in [0.3, 0.4) is 0 Å². The predicted molar refractivity (Wildman–Crippen MR) is 46.6 cm³/mol. The summed E-state index contributed by atoms with van der Waals surface area (Å²) < 4.78 is 4.80. The van der Waals surface area contributed by atoms with E-state index in [1.54, 1.807) is 20.8 Å². The van der Waals surface area contributed by atoms with Gasteiger partial charge in [-0.05, 0) is 13.8 Å². The number of carbonyl (C=O) groups is 1. The second-order valence-corrected chi connectivity index (χ2v) is 3.03. The number of hydrogen-bond donors (Lipinski definition) is 1. The van der Waals surface area contributed by atoms with Gasteiger partial charge in [0.15, 0.2) is 6.10 Å². The predicted octanol–water partition coefficient (Wildman–Crippen LogP) is 1.12. The molecule has 0 aliphatic heterocycles. The number of ether oxygens (including phenoxy) is 1. The van der Waals surface area contributed by atoms with Crippen molar-refractivity contribution in [3.63, 3.8) is 0 Å². The molecular weight excluding hydrogens is 156 g/mol. The lowest BCUT2D eigenvalue weighted by atomic mass is 10.1. The van der Waals surface area contributed by atoms with E-state index in [2.05, 4.69) is 6.58 Å². The van der Waals surface area contributed by atoms with Gasteiger partial charge < -0.3 is 9.84 Å². The molecule has 0 aromatic carbocycles. The highest BCUT2D eigenvalue weighted by atomic mass is 16.6. The van der Waals surface area contributed by atoms with Gasteiger partial charge in [-0.1, -0.05) is 13.0 Å². The molecule has 0 aliphatic rings. The molecule has 0 heterocycles. The first-order valence-corrected chi connectivity index (χ1v) is 4.00. The van der Waals surface area contributed by atoms with Gasteiger partial charge in [0, 0.05) is 5.92 Å². The van der Waals surface area contributed by atoms with Crippen molar-refractivity contribution >= 4 is 5.97 Å². The fourth-order valence-corrected chi connectivity index (χ4v) is 0.646. The standard InChI is InChI=1S/C9H16O3/c1-5-7(4)8(10)9(11)12-6(2)3/h5-8,10H,1H2,2-4H3/t7-,8+/m1/s1. The molecular formula is C9H16O3. The summed E-state index contributed by atoms with van der Waals surface area (Å²) >= 11 is 0. The molecule has 0 saturated carbocycles. The van der Waals surface area contributed by atoms with Gasteiger partial charge in [-0.3, -0.25) is 0 Å². The van der Waals surface area contributed by atoms with Crippen molar-refractivity contribution in [3.05, 3.63) is 12.7 Å². The second kappa shape index (κ2) is 4.93. The topological polar surface area (TPSA) is 46.5 Å². The molecule has 1 N–H and O–H groups in total. The average molecular weight is 172 g/mol. The number of rotatable bonds is 4. The third-order valence-electron chi connectivity index (χ3n) is 1.46. The molecule has 0 aromatic heterocycles. The van der Waals surface area contributed by atoms with E-state index < -0.39 is 12.1 Å². The van der Waals surface area contributed by atoms with Crippen LogP contribution < -0.4 is 0 Å². The number of esters is 1. The van der Waals surface area contributed by atoms with E-state index in [-0.39, 0.29) is 12.0 Å². The Morgan fingerprint density at radius 3 is 2.33 bits per heavy atom. The third kappa shape index (κ3) is 3.53. The molecule has 3 nitrogen and oxygen atoms in total. The van der Waals surface area contributed by atoms with Gasteiger partial charge in [0.05, 0.1) is 6.10 Å². The van der Waals surface area contributed by atoms with Crippen molar-refractivity contribution < 1.29 is 14.6 Å². The zero-order chi connectivity index (χ0) is 9.72. The van der Waals surface area contributed by atoms with Crippen molar-refractivity contribution in [2.24, 2.45) is 5.92 Å². The van der Waals surface area contributed by atoms with E-state index in [9.17, 15) is 9.90 Å². The Hall–Kier alpha value is -0.830. The van der Waals surface area contributed by atoms with E-state index in [0.717, 1.165) is 0 Å². The van der Waals surface area contributed by atoms with Gasteiger partial charge >= 0.3 is 5.97 Å². The zero-order valence-electron chi connectivity index (χ0n) is 7.78. The van der Waals surface area contributed by atoms with Crippen LogP contribution in [0.25, 0.3) is 0 Å². The maximum absolute atomic E-state index is 11.0. The van der Waals surface area contributed by atoms with E-state index in [0.29, 0.717) is 0 Å². The van der Waals surface area contributed by atoms with Crippen molar-refractivity contribution in [1.29, 1.82) is 0 Å². The van der Waals surface area contributed by atoms with Crippen LogP contribution in [0.4, 0.5) is 0 Å². The highest BCUT2D eigenvalue weighted by Crippen LogP contribution is 2.06. The molecule has 0 unspecified atom stereocenters. The Balaban J connectivity index is 4.00. The van der Waals surface area contributed by atoms with Crippen molar-refractivity contribution in [1.82, 2.24) is 0 Å². The Kier molecular flexibility index (Phi) is 4.59. The summed E-state index contributed by atoms with van der Waals surface area (Å²) in [5.74, 6) is -0.853. The molecule has 12 heavy (non-hydrogen) atoms. The summed E-state index contributed by atoms with van der Waals surface area (Å²) in [6, 6.07) is 0. The summed E-state index contributed by atoms with van der Waals surface area (Å²) in [5, 5.41) is 9.29. The molecule has 0 saturated heterocycles. The smallest absolute Gasteiger partial charge is 0.335 e. The minimum absolute atomic E-state index is 0.191. The average Bonchev–Trinajstić information content (AvgIpc) is 2.00. The summed E-state index contributed by atoms with van der Waals surface area (Å²) in [6.45, 7) is 8.66. The van der Waals surface area contributed by atoms with Crippen LogP contribution in [0, 0.1) is 5.92 Å². The van der Waals surface area contributed by atoms with Crippen LogP contribution in [-0.4, -0.2) is 23.3 Å². The summed E-state index contributed by atoms with van der Waals surface area (Å²) in [6.07, 6.45) is 0.237. The van der Waals surface area contributed by atoms with E-state index >= 15 is 0 Å². The molecule has 0 bridgehead atoms. The van der Waals surface area contributed by atoms with Crippen LogP contribution >= 0.6 is 0 Å². The molecule has 3 heteroatoms. The van der Waals surface area contributed by atoms with E-state index in [1.807, 2.05) is 0 Å². The first-order valence-electron chi connectivity index (χ1n) is 4.00. The second-order valence-electron chi connectivity index (χ2n) is 3.03. The zero-order valence-corrected chi connectivity index (χ0v) is 7.78. The molecule has 2 atom stereocenters. The van der Waals surface area contributed by atoms with Gasteiger partial charge in [0.1, 0.15) is 0 Å². The Morgan fingerprint density at radius 1 is 1.50 bits per heavy atom. The maximum atomic E-state index is 11.0. The third-order valence-corrected chi connectivity index (χ3v) is 1.46. The highest BCUT2D eigenvalue weighted by Gasteiger charge is 2.22. The highest BCUT2D eigenvalue weighted by molar-refractivity contribution is 5.75. The van der Waals surface area contributed by atoms with Crippen LogP contribution in [0.1, 0.15) is 20.8 Å². The maximum Gasteiger partial charge on any atom is 0.335 e. The SMILES string of the molecule is C=C[C@@H](C)[C@H](O)C(=O)OC(C)C. The Bertz CT molecular complexity index is 163. The number of carbonyl (C=O) groups excluding carboxylic acids is 1. The van der Waals surface area contributed by atoms with Crippen LogP contribution in [0.15, 0.2) is 12.7 Å². The number of aliphatic hydroxyl groups is 1. The van der Waals surface area contributed by atoms with Gasteiger partial charge in [0.25, 0.3) is 0 Å². The normalized spacial score (nSPS) is 15.4. The monoisotopic (exact) mass is 172 g/mol. The van der Waals surface area contributed by atoms with Crippen molar-refractivity contribution in [3.8, 4) is 0 Å². The summed E-state index contributed by atoms with van der Waals surface area (Å²) in [5.41, 5.74) is 0. The fraction of sp³-hybridized carbons (Fsp3) is 0.667. The lowest BCUT2D eigenvalue weighted by molar-refractivity contribution is -0.159. The van der Waals surface area contributed by atoms with Gasteiger partial charge in [-0.2, -0.15) is 0 Å². The lowest BCUT2D eigenvalue weighted by Gasteiger charge is -2.15. The van der Waals surface area contributed by atoms with Crippen LogP contribution in [0.2, 0.25) is 0 Å². The first kappa shape index (κ1) is 11.2. The molecule has 70 valence electrons. The Labute approximate surface area is 73.0 Å². The van der Waals surface area contributed by atoms with Crippen LogP contribution in [-0.2, 0) is 9.53 Å². The molecule has 0 amide bonds. The summed E-state index contributed by atoms with van der Waals surface area (Å²) in [4.78, 5) is 11.0. The minimum atomic E-state index is -1.09. The molecule has 0 rings (SSSR count). The van der Waals surface area contributed by atoms with Crippen molar-refractivity contribution in [2.75, 3.05) is 0 Å². The first-order chi connectivity index (χ1) is 5.49. The molecule has 0 radical (unpaired) electrons. The Morgan fingerprint density at radius 2 is 2.00 bits per heavy atom. The molecule has 0 aromatic rings. The van der Waals surface area contributed by atoms with Gasteiger partial charge in [0.2, 0.25) is 0 Å². The molecule has 0 aliphatic carbocycles.